The minimum atomic E-state index is -3.77. The van der Waals surface area contributed by atoms with Gasteiger partial charge in [-0.15, -0.1) is 0 Å². The molecule has 0 bridgehead atoms. The smallest absolute Gasteiger partial charge is 0.307 e. The third kappa shape index (κ3) is 6.68. The summed E-state index contributed by atoms with van der Waals surface area (Å²) in [6.45, 7) is 2.46. The van der Waals surface area contributed by atoms with E-state index in [1.165, 1.54) is 6.07 Å². The van der Waals surface area contributed by atoms with Crippen molar-refractivity contribution in [1.29, 1.82) is 0 Å². The molecule has 2 rings (SSSR count). The molecule has 0 aliphatic heterocycles. The molecule has 0 aromatic heterocycles. The molecule has 28 heavy (non-hydrogen) atoms. The van der Waals surface area contributed by atoms with Gasteiger partial charge in [-0.3, -0.25) is 4.79 Å². The van der Waals surface area contributed by atoms with Crippen molar-refractivity contribution in [1.82, 2.24) is 0 Å². The van der Waals surface area contributed by atoms with Crippen LogP contribution in [0, 0.1) is 5.92 Å². The fraction of sp³-hybridized carbons (Fsp3) is 0.409. The Balaban J connectivity index is 2.06. The van der Waals surface area contributed by atoms with Crippen molar-refractivity contribution in [3.05, 3.63) is 60.2 Å². The molecule has 0 radical (unpaired) electrons. The summed E-state index contributed by atoms with van der Waals surface area (Å²) in [7, 11) is -3.77. The Labute approximate surface area is 167 Å². The third-order valence-corrected chi connectivity index (χ3v) is 6.42. The van der Waals surface area contributed by atoms with Gasteiger partial charge < -0.3 is 9.84 Å². The predicted molar refractivity (Wildman–Crippen MR) is 109 cm³/mol. The summed E-state index contributed by atoms with van der Waals surface area (Å²) < 4.78 is 31.4. The molecule has 0 aliphatic rings. The van der Waals surface area contributed by atoms with Gasteiger partial charge in [0.25, 0.3) is 0 Å². The second kappa shape index (κ2) is 10.9. The second-order valence-corrected chi connectivity index (χ2v) is 8.85. The number of aliphatic carboxylic acids is 1. The van der Waals surface area contributed by atoms with Gasteiger partial charge in [0.05, 0.1) is 18.3 Å². The lowest BCUT2D eigenvalue weighted by Crippen LogP contribution is -2.24. The highest BCUT2D eigenvalue weighted by Gasteiger charge is 2.28. The lowest BCUT2D eigenvalue weighted by Gasteiger charge is -2.15. The molecule has 152 valence electrons. The van der Waals surface area contributed by atoms with E-state index in [1.807, 2.05) is 37.3 Å². The first-order chi connectivity index (χ1) is 13.4. The zero-order valence-electron chi connectivity index (χ0n) is 16.2. The molecule has 0 aliphatic carbocycles. The Bertz CT molecular complexity index is 846. The summed E-state index contributed by atoms with van der Waals surface area (Å²) >= 11 is 0. The quantitative estimate of drug-likeness (QED) is 0.532. The average molecular weight is 405 g/mol. The molecule has 2 aromatic rings. The summed E-state index contributed by atoms with van der Waals surface area (Å²) in [5, 5.41) is 9.53. The molecule has 0 fully saturated rings. The van der Waals surface area contributed by atoms with Crippen LogP contribution in [0.5, 0.6) is 5.75 Å². The van der Waals surface area contributed by atoms with Crippen molar-refractivity contribution < 1.29 is 23.1 Å². The second-order valence-electron chi connectivity index (χ2n) is 6.84. The van der Waals surface area contributed by atoms with E-state index < -0.39 is 27.5 Å². The van der Waals surface area contributed by atoms with E-state index in [9.17, 15) is 18.3 Å². The summed E-state index contributed by atoms with van der Waals surface area (Å²) in [5.74, 6) is -2.16. The Kier molecular flexibility index (Phi) is 8.51. The summed E-state index contributed by atoms with van der Waals surface area (Å²) in [4.78, 5) is 11.7. The number of benzene rings is 2. The van der Waals surface area contributed by atoms with E-state index in [0.717, 1.165) is 24.8 Å². The van der Waals surface area contributed by atoms with Crippen molar-refractivity contribution >= 4 is 15.8 Å². The highest BCUT2D eigenvalue weighted by molar-refractivity contribution is 7.91. The summed E-state index contributed by atoms with van der Waals surface area (Å²) in [6, 6.07) is 16.2. The van der Waals surface area contributed by atoms with Crippen molar-refractivity contribution in [2.24, 2.45) is 5.92 Å². The molecule has 0 heterocycles. The fourth-order valence-corrected chi connectivity index (χ4v) is 4.72. The normalized spacial score (nSPS) is 12.5. The van der Waals surface area contributed by atoms with E-state index >= 15 is 0 Å². The van der Waals surface area contributed by atoms with E-state index in [4.69, 9.17) is 4.74 Å². The first kappa shape index (κ1) is 22.0. The van der Waals surface area contributed by atoms with Gasteiger partial charge in [0.15, 0.2) is 9.84 Å². The van der Waals surface area contributed by atoms with Gasteiger partial charge in [-0.05, 0) is 43.4 Å². The van der Waals surface area contributed by atoms with Crippen LogP contribution >= 0.6 is 0 Å². The van der Waals surface area contributed by atoms with E-state index in [0.29, 0.717) is 25.2 Å². The van der Waals surface area contributed by atoms with Crippen LogP contribution in [0.1, 0.15) is 38.2 Å². The first-order valence-electron chi connectivity index (χ1n) is 9.65. The van der Waals surface area contributed by atoms with Gasteiger partial charge in [0.1, 0.15) is 10.6 Å². The van der Waals surface area contributed by atoms with Crippen molar-refractivity contribution in [2.45, 2.75) is 43.9 Å². The van der Waals surface area contributed by atoms with Crippen molar-refractivity contribution in [3.63, 3.8) is 0 Å². The number of aryl methyl sites for hydroxylation is 1. The summed E-state index contributed by atoms with van der Waals surface area (Å²) in [5.41, 5.74) is 1.11. The number of carboxylic acid groups (broad SMARTS) is 1. The number of unbranched alkanes of at least 4 members (excludes halogenated alkanes) is 1. The third-order valence-electron chi connectivity index (χ3n) is 4.57. The van der Waals surface area contributed by atoms with Gasteiger partial charge in [0.2, 0.25) is 0 Å². The van der Waals surface area contributed by atoms with Gasteiger partial charge in [0, 0.05) is 0 Å². The van der Waals surface area contributed by atoms with Gasteiger partial charge in [-0.1, -0.05) is 55.8 Å². The Morgan fingerprint density at radius 1 is 1.04 bits per heavy atom. The van der Waals surface area contributed by atoms with Crippen LogP contribution in [0.4, 0.5) is 0 Å². The number of hydrogen-bond donors (Lipinski definition) is 1. The maximum absolute atomic E-state index is 12.9. The molecular formula is C22H28O5S. The van der Waals surface area contributed by atoms with Crippen LogP contribution < -0.4 is 4.74 Å². The fourth-order valence-electron chi connectivity index (χ4n) is 2.98. The van der Waals surface area contributed by atoms with Crippen molar-refractivity contribution in [3.8, 4) is 5.75 Å². The number of ether oxygens (including phenoxy) is 1. The molecule has 1 N–H and O–H groups in total. The van der Waals surface area contributed by atoms with Crippen LogP contribution in [0.2, 0.25) is 0 Å². The molecule has 0 saturated carbocycles. The van der Waals surface area contributed by atoms with Crippen molar-refractivity contribution in [2.75, 3.05) is 12.4 Å². The number of para-hydroxylation sites is 1. The monoisotopic (exact) mass is 404 g/mol. The predicted octanol–water partition coefficient (Wildman–Crippen LogP) is 4.36. The molecule has 2 aromatic carbocycles. The first-order valence-corrected chi connectivity index (χ1v) is 11.3. The molecule has 0 saturated heterocycles. The van der Waals surface area contributed by atoms with Crippen LogP contribution in [-0.4, -0.2) is 31.9 Å². The lowest BCUT2D eigenvalue weighted by atomic mass is 10.0. The average Bonchev–Trinajstić information content (AvgIpc) is 2.68. The number of sulfone groups is 1. The minimum Gasteiger partial charge on any atom is -0.492 e. The summed E-state index contributed by atoms with van der Waals surface area (Å²) in [6.07, 6.45) is 3.41. The number of carboxylic acids is 1. The van der Waals surface area contributed by atoms with Gasteiger partial charge >= 0.3 is 5.97 Å². The Hall–Kier alpha value is -2.34. The standard InChI is InChI=1S/C22H28O5S/c1-2-3-16-27-20-14-7-8-15-21(20)28(25,26)17-19(22(23)24)13-9-12-18-10-5-4-6-11-18/h4-8,10-11,14-15,19H,2-3,9,12-13,16-17H2,1H3,(H,23,24). The van der Waals surface area contributed by atoms with Crippen LogP contribution in [0.25, 0.3) is 0 Å². The zero-order chi connectivity index (χ0) is 20.4. The maximum Gasteiger partial charge on any atom is 0.307 e. The Morgan fingerprint density at radius 3 is 2.39 bits per heavy atom. The molecular weight excluding hydrogens is 376 g/mol. The number of hydrogen-bond acceptors (Lipinski definition) is 4. The van der Waals surface area contributed by atoms with E-state index in [-0.39, 0.29) is 4.90 Å². The van der Waals surface area contributed by atoms with E-state index in [2.05, 4.69) is 0 Å². The lowest BCUT2D eigenvalue weighted by molar-refractivity contribution is -0.141. The SMILES string of the molecule is CCCCOc1ccccc1S(=O)(=O)CC(CCCc1ccccc1)C(=O)O. The Morgan fingerprint density at radius 2 is 1.71 bits per heavy atom. The molecule has 1 unspecified atom stereocenters. The van der Waals surface area contributed by atoms with E-state index in [1.54, 1.807) is 18.2 Å². The molecule has 1 atom stereocenters. The highest BCUT2D eigenvalue weighted by Crippen LogP contribution is 2.27. The largest absolute Gasteiger partial charge is 0.492 e. The molecule has 6 heteroatoms. The maximum atomic E-state index is 12.9. The number of carbonyl (C=O) groups is 1. The van der Waals surface area contributed by atoms with Gasteiger partial charge in [-0.25, -0.2) is 8.42 Å². The van der Waals surface area contributed by atoms with Crippen LogP contribution in [0.15, 0.2) is 59.5 Å². The molecule has 0 spiro atoms. The minimum absolute atomic E-state index is 0.0698. The number of rotatable bonds is 12. The highest BCUT2D eigenvalue weighted by atomic mass is 32.2. The topological polar surface area (TPSA) is 80.7 Å². The zero-order valence-corrected chi connectivity index (χ0v) is 17.0. The molecule has 5 nitrogen and oxygen atoms in total. The van der Waals surface area contributed by atoms with Crippen LogP contribution in [0.3, 0.4) is 0 Å². The van der Waals surface area contributed by atoms with Crippen LogP contribution in [-0.2, 0) is 21.1 Å². The molecule has 0 amide bonds. The van der Waals surface area contributed by atoms with Gasteiger partial charge in [-0.2, -0.15) is 0 Å².